The molecule has 0 saturated carbocycles. The quantitative estimate of drug-likeness (QED) is 0.865. The van der Waals surface area contributed by atoms with Crippen LogP contribution in [-0.2, 0) is 13.2 Å². The first-order valence-electron chi connectivity index (χ1n) is 6.48. The van der Waals surface area contributed by atoms with Gasteiger partial charge in [0.1, 0.15) is 12.4 Å². The molecule has 2 rings (SSSR count). The van der Waals surface area contributed by atoms with E-state index in [1.54, 1.807) is 11.3 Å². The number of hydrogen-bond donors (Lipinski definition) is 1. The molecule has 1 aromatic carbocycles. The molecule has 5 heteroatoms. The number of nitrogens with zero attached hydrogens (tertiary/aromatic N) is 1. The zero-order chi connectivity index (χ0) is 14.6. The van der Waals surface area contributed by atoms with Gasteiger partial charge in [0.2, 0.25) is 0 Å². The average Bonchev–Trinajstić information content (AvgIpc) is 2.87. The van der Waals surface area contributed by atoms with Gasteiger partial charge in [0.25, 0.3) is 0 Å². The first-order valence-corrected chi connectivity index (χ1v) is 8.15. The number of thiazole rings is 1. The monoisotopic (exact) mass is 354 g/mol. The van der Waals surface area contributed by atoms with Gasteiger partial charge in [-0.05, 0) is 54.4 Å². The number of benzene rings is 1. The fourth-order valence-corrected chi connectivity index (χ4v) is 2.65. The fraction of sp³-hybridized carbons (Fsp3) is 0.400. The largest absolute Gasteiger partial charge is 0.487 e. The molecule has 0 saturated heterocycles. The van der Waals surface area contributed by atoms with Crippen molar-refractivity contribution < 1.29 is 4.74 Å². The summed E-state index contributed by atoms with van der Waals surface area (Å²) in [7, 11) is 0. The summed E-state index contributed by atoms with van der Waals surface area (Å²) in [5.41, 5.74) is 3.17. The van der Waals surface area contributed by atoms with E-state index in [1.807, 2.05) is 17.8 Å². The van der Waals surface area contributed by atoms with Crippen molar-refractivity contribution in [3.63, 3.8) is 0 Å². The molecule has 2 aromatic rings. The van der Waals surface area contributed by atoms with Crippen LogP contribution in [-0.4, -0.2) is 10.5 Å². The van der Waals surface area contributed by atoms with E-state index in [9.17, 15) is 0 Å². The van der Waals surface area contributed by atoms with Crippen LogP contribution in [0.4, 0.5) is 0 Å². The molecule has 0 amide bonds. The highest BCUT2D eigenvalue weighted by Gasteiger charge is 2.09. The van der Waals surface area contributed by atoms with E-state index in [0.717, 1.165) is 21.6 Å². The van der Waals surface area contributed by atoms with Crippen LogP contribution in [0.1, 0.15) is 31.2 Å². The van der Waals surface area contributed by atoms with Crippen LogP contribution in [0.25, 0.3) is 0 Å². The normalized spacial score (nSPS) is 11.6. The third-order valence-electron chi connectivity index (χ3n) is 2.67. The van der Waals surface area contributed by atoms with Crippen molar-refractivity contribution in [1.29, 1.82) is 0 Å². The van der Waals surface area contributed by atoms with Gasteiger partial charge in [-0.2, -0.15) is 0 Å². The minimum absolute atomic E-state index is 0.119. The van der Waals surface area contributed by atoms with Gasteiger partial charge in [0, 0.05) is 18.3 Å². The molecule has 0 aliphatic heterocycles. The Morgan fingerprint density at radius 1 is 1.35 bits per heavy atom. The Morgan fingerprint density at radius 2 is 2.15 bits per heavy atom. The van der Waals surface area contributed by atoms with Gasteiger partial charge >= 0.3 is 0 Å². The minimum Gasteiger partial charge on any atom is -0.487 e. The van der Waals surface area contributed by atoms with E-state index < -0.39 is 0 Å². The van der Waals surface area contributed by atoms with Crippen molar-refractivity contribution in [2.75, 3.05) is 0 Å². The Hall–Kier alpha value is -0.910. The summed E-state index contributed by atoms with van der Waals surface area (Å²) in [5.74, 6) is 0.859. The lowest BCUT2D eigenvalue weighted by Gasteiger charge is -2.20. The minimum atomic E-state index is 0.119. The molecule has 0 spiro atoms. The molecule has 0 unspecified atom stereocenters. The zero-order valence-electron chi connectivity index (χ0n) is 11.9. The maximum absolute atomic E-state index is 5.78. The number of rotatable bonds is 5. The Balaban J connectivity index is 1.95. The van der Waals surface area contributed by atoms with E-state index in [4.69, 9.17) is 4.74 Å². The van der Waals surface area contributed by atoms with Gasteiger partial charge in [0.15, 0.2) is 0 Å². The van der Waals surface area contributed by atoms with Gasteiger partial charge in [-0.1, -0.05) is 6.07 Å². The second-order valence-corrected chi connectivity index (χ2v) is 7.45. The molecule has 108 valence electrons. The predicted molar refractivity (Wildman–Crippen MR) is 87.2 cm³/mol. The van der Waals surface area contributed by atoms with Gasteiger partial charge in [-0.15, -0.1) is 11.3 Å². The van der Waals surface area contributed by atoms with Gasteiger partial charge in [0.05, 0.1) is 14.9 Å². The maximum Gasteiger partial charge on any atom is 0.134 e. The number of halogens is 1. The summed E-state index contributed by atoms with van der Waals surface area (Å²) in [6.45, 7) is 7.89. The van der Waals surface area contributed by atoms with E-state index >= 15 is 0 Å². The fourth-order valence-electron chi connectivity index (χ4n) is 1.60. The summed E-state index contributed by atoms with van der Waals surface area (Å²) < 4.78 is 6.77. The Morgan fingerprint density at radius 3 is 2.75 bits per heavy atom. The lowest BCUT2D eigenvalue weighted by Crippen LogP contribution is -2.35. The number of aromatic nitrogens is 1. The summed E-state index contributed by atoms with van der Waals surface area (Å²) in [6.07, 6.45) is 1.83. The first-order chi connectivity index (χ1) is 9.44. The lowest BCUT2D eigenvalue weighted by atomic mass is 10.1. The molecule has 0 aliphatic rings. The van der Waals surface area contributed by atoms with E-state index in [0.29, 0.717) is 6.61 Å². The highest BCUT2D eigenvalue weighted by molar-refractivity contribution is 9.10. The topological polar surface area (TPSA) is 34.1 Å². The third-order valence-corrected chi connectivity index (χ3v) is 4.05. The van der Waals surface area contributed by atoms with Crippen LogP contribution < -0.4 is 10.1 Å². The van der Waals surface area contributed by atoms with E-state index in [1.165, 1.54) is 5.56 Å². The molecule has 3 nitrogen and oxygen atoms in total. The molecule has 0 radical (unpaired) electrons. The van der Waals surface area contributed by atoms with Crippen molar-refractivity contribution in [3.05, 3.63) is 44.8 Å². The molecular weight excluding hydrogens is 336 g/mol. The van der Waals surface area contributed by atoms with Crippen molar-refractivity contribution in [2.45, 2.75) is 39.5 Å². The SMILES string of the molecule is CC(C)(C)NCc1ccc(OCc2cncs2)c(Br)c1. The van der Waals surface area contributed by atoms with Crippen molar-refractivity contribution >= 4 is 27.3 Å². The molecule has 1 aromatic heterocycles. The summed E-state index contributed by atoms with van der Waals surface area (Å²) in [4.78, 5) is 5.16. The van der Waals surface area contributed by atoms with Crippen LogP contribution >= 0.6 is 27.3 Å². The van der Waals surface area contributed by atoms with E-state index in [-0.39, 0.29) is 5.54 Å². The van der Waals surface area contributed by atoms with Crippen molar-refractivity contribution in [2.24, 2.45) is 0 Å². The molecule has 0 atom stereocenters. The van der Waals surface area contributed by atoms with Crippen molar-refractivity contribution in [1.82, 2.24) is 10.3 Å². The molecular formula is C15H19BrN2OS. The molecule has 0 aliphatic carbocycles. The third kappa shape index (κ3) is 4.89. The highest BCUT2D eigenvalue weighted by Crippen LogP contribution is 2.27. The van der Waals surface area contributed by atoms with Gasteiger partial charge < -0.3 is 10.1 Å². The van der Waals surface area contributed by atoms with Gasteiger partial charge in [-0.3, -0.25) is 4.98 Å². The van der Waals surface area contributed by atoms with Crippen LogP contribution in [0, 0.1) is 0 Å². The molecule has 1 N–H and O–H groups in total. The summed E-state index contributed by atoms with van der Waals surface area (Å²) in [5, 5.41) is 3.47. The van der Waals surface area contributed by atoms with Crippen molar-refractivity contribution in [3.8, 4) is 5.75 Å². The summed E-state index contributed by atoms with van der Waals surface area (Å²) in [6, 6.07) is 6.19. The molecule has 0 bridgehead atoms. The van der Waals surface area contributed by atoms with Crippen LogP contribution in [0.15, 0.2) is 34.4 Å². The smallest absolute Gasteiger partial charge is 0.134 e. The van der Waals surface area contributed by atoms with Gasteiger partial charge in [-0.25, -0.2) is 0 Å². The second-order valence-electron chi connectivity index (χ2n) is 5.62. The van der Waals surface area contributed by atoms with Crippen LogP contribution in [0.3, 0.4) is 0 Å². The molecule has 0 fully saturated rings. The van der Waals surface area contributed by atoms with E-state index in [2.05, 4.69) is 59.1 Å². The predicted octanol–water partition coefficient (Wildman–Crippen LogP) is 4.37. The van der Waals surface area contributed by atoms with Crippen LogP contribution in [0.5, 0.6) is 5.75 Å². The molecule has 1 heterocycles. The second kappa shape index (κ2) is 6.70. The molecule has 20 heavy (non-hydrogen) atoms. The highest BCUT2D eigenvalue weighted by atomic mass is 79.9. The average molecular weight is 355 g/mol. The number of ether oxygens (including phenoxy) is 1. The Labute approximate surface area is 132 Å². The maximum atomic E-state index is 5.78. The van der Waals surface area contributed by atoms with Crippen LogP contribution in [0.2, 0.25) is 0 Å². The number of hydrogen-bond acceptors (Lipinski definition) is 4. The summed E-state index contributed by atoms with van der Waals surface area (Å²) >= 11 is 5.17. The first kappa shape index (κ1) is 15.5. The Bertz CT molecular complexity index is 549. The lowest BCUT2D eigenvalue weighted by molar-refractivity contribution is 0.307. The zero-order valence-corrected chi connectivity index (χ0v) is 14.3. The number of nitrogens with one attached hydrogen (secondary N) is 1. The Kier molecular flexibility index (Phi) is 5.18. The standard InChI is InChI=1S/C15H19BrN2OS/c1-15(2,3)18-7-11-4-5-14(13(16)6-11)19-9-12-8-17-10-20-12/h4-6,8,10,18H,7,9H2,1-3H3.